The predicted molar refractivity (Wildman–Crippen MR) is 86.4 cm³/mol. The minimum atomic E-state index is 0.0304. The number of aromatic nitrogens is 2. The summed E-state index contributed by atoms with van der Waals surface area (Å²) >= 11 is 3.48. The Bertz CT molecular complexity index is 600. The van der Waals surface area contributed by atoms with E-state index in [-0.39, 0.29) is 5.56 Å². The van der Waals surface area contributed by atoms with E-state index in [0.717, 1.165) is 23.5 Å². The molecule has 0 bridgehead atoms. The highest BCUT2D eigenvalue weighted by Gasteiger charge is 2.53. The summed E-state index contributed by atoms with van der Waals surface area (Å²) in [5, 5.41) is 7.72. The van der Waals surface area contributed by atoms with Crippen molar-refractivity contribution in [1.82, 2.24) is 9.78 Å². The standard InChI is InChI=1S/C16H22BrN3O/c17-13-8-19-20(9-11-2-1-3-11)15(21)14(13)18-10-16(6-7-16)12-4-5-12/h8,11-12,18H,1-7,9-10H2. The SMILES string of the molecule is O=c1c(NCC2(C3CC3)CC2)c(Br)cnn1CC1CCC1. The molecule has 1 aromatic rings. The molecule has 5 heteroatoms. The summed E-state index contributed by atoms with van der Waals surface area (Å²) in [5.74, 6) is 1.55. The van der Waals surface area contributed by atoms with Gasteiger partial charge in [-0.3, -0.25) is 4.79 Å². The van der Waals surface area contributed by atoms with Gasteiger partial charge in [-0.25, -0.2) is 4.68 Å². The van der Waals surface area contributed by atoms with Crippen molar-refractivity contribution in [3.63, 3.8) is 0 Å². The lowest BCUT2D eigenvalue weighted by molar-refractivity contribution is 0.262. The van der Waals surface area contributed by atoms with E-state index in [1.54, 1.807) is 10.9 Å². The molecule has 0 aromatic carbocycles. The van der Waals surface area contributed by atoms with Gasteiger partial charge in [0, 0.05) is 13.1 Å². The summed E-state index contributed by atoms with van der Waals surface area (Å²) in [5.41, 5.74) is 1.23. The molecular weight excluding hydrogens is 330 g/mol. The lowest BCUT2D eigenvalue weighted by atomic mass is 9.85. The third kappa shape index (κ3) is 2.65. The number of hydrogen-bond donors (Lipinski definition) is 1. The molecule has 0 aliphatic heterocycles. The lowest BCUT2D eigenvalue weighted by Crippen LogP contribution is -2.32. The number of rotatable bonds is 6. The average molecular weight is 352 g/mol. The van der Waals surface area contributed by atoms with E-state index in [1.165, 1.54) is 44.9 Å². The predicted octanol–water partition coefficient (Wildman–Crippen LogP) is 3.41. The first-order chi connectivity index (χ1) is 10.2. The molecule has 3 fully saturated rings. The number of anilines is 1. The zero-order chi connectivity index (χ0) is 14.4. The van der Waals surface area contributed by atoms with Crippen LogP contribution in [0.2, 0.25) is 0 Å². The molecule has 21 heavy (non-hydrogen) atoms. The van der Waals surface area contributed by atoms with E-state index >= 15 is 0 Å². The number of halogens is 1. The molecule has 4 nitrogen and oxygen atoms in total. The van der Waals surface area contributed by atoms with Crippen molar-refractivity contribution >= 4 is 21.6 Å². The minimum Gasteiger partial charge on any atom is -0.379 e. The Balaban J connectivity index is 1.50. The number of nitrogens with one attached hydrogen (secondary N) is 1. The quantitative estimate of drug-likeness (QED) is 0.854. The van der Waals surface area contributed by atoms with Gasteiger partial charge in [0.15, 0.2) is 0 Å². The molecule has 0 amide bonds. The molecule has 1 aromatic heterocycles. The van der Waals surface area contributed by atoms with Crippen LogP contribution in [-0.4, -0.2) is 16.3 Å². The molecule has 3 aliphatic rings. The van der Waals surface area contributed by atoms with Crippen LogP contribution in [0, 0.1) is 17.3 Å². The molecule has 0 radical (unpaired) electrons. The minimum absolute atomic E-state index is 0.0304. The maximum atomic E-state index is 12.6. The topological polar surface area (TPSA) is 46.9 Å². The summed E-state index contributed by atoms with van der Waals surface area (Å²) in [7, 11) is 0. The molecule has 0 saturated heterocycles. The van der Waals surface area contributed by atoms with E-state index < -0.39 is 0 Å². The third-order valence-electron chi connectivity index (χ3n) is 5.61. The van der Waals surface area contributed by atoms with E-state index in [2.05, 4.69) is 26.3 Å². The third-order valence-corrected chi connectivity index (χ3v) is 6.21. The molecule has 1 N–H and O–H groups in total. The highest BCUT2D eigenvalue weighted by Crippen LogP contribution is 2.61. The van der Waals surface area contributed by atoms with Crippen LogP contribution >= 0.6 is 15.9 Å². The molecule has 3 saturated carbocycles. The van der Waals surface area contributed by atoms with Gasteiger partial charge in [-0.15, -0.1) is 0 Å². The monoisotopic (exact) mass is 351 g/mol. The molecule has 4 rings (SSSR count). The van der Waals surface area contributed by atoms with Crippen LogP contribution in [0.5, 0.6) is 0 Å². The normalized spacial score (nSPS) is 23.7. The van der Waals surface area contributed by atoms with Crippen LogP contribution in [0.3, 0.4) is 0 Å². The van der Waals surface area contributed by atoms with Crippen LogP contribution in [-0.2, 0) is 6.54 Å². The first-order valence-electron chi connectivity index (χ1n) is 8.17. The van der Waals surface area contributed by atoms with Crippen molar-refractivity contribution in [2.75, 3.05) is 11.9 Å². The van der Waals surface area contributed by atoms with Gasteiger partial charge in [0.25, 0.3) is 5.56 Å². The molecule has 114 valence electrons. The van der Waals surface area contributed by atoms with Crippen molar-refractivity contribution in [3.05, 3.63) is 21.0 Å². The maximum Gasteiger partial charge on any atom is 0.291 e. The maximum absolute atomic E-state index is 12.6. The summed E-state index contributed by atoms with van der Waals surface area (Å²) in [4.78, 5) is 12.6. The fourth-order valence-electron chi connectivity index (χ4n) is 3.53. The van der Waals surface area contributed by atoms with Gasteiger partial charge in [-0.2, -0.15) is 5.10 Å². The Morgan fingerprint density at radius 1 is 1.33 bits per heavy atom. The van der Waals surface area contributed by atoms with Crippen molar-refractivity contribution < 1.29 is 0 Å². The molecule has 3 aliphatic carbocycles. The van der Waals surface area contributed by atoms with Gasteiger partial charge >= 0.3 is 0 Å². The fraction of sp³-hybridized carbons (Fsp3) is 0.750. The first-order valence-corrected chi connectivity index (χ1v) is 8.97. The van der Waals surface area contributed by atoms with Crippen LogP contribution in [0.4, 0.5) is 5.69 Å². The number of hydrogen-bond acceptors (Lipinski definition) is 3. The fourth-order valence-corrected chi connectivity index (χ4v) is 3.93. The Morgan fingerprint density at radius 2 is 2.10 bits per heavy atom. The van der Waals surface area contributed by atoms with Crippen molar-refractivity contribution in [3.8, 4) is 0 Å². The van der Waals surface area contributed by atoms with E-state index in [4.69, 9.17) is 0 Å². The Kier molecular flexibility index (Phi) is 3.36. The first kappa shape index (κ1) is 13.8. The Morgan fingerprint density at radius 3 is 2.67 bits per heavy atom. The highest BCUT2D eigenvalue weighted by molar-refractivity contribution is 9.10. The molecule has 1 heterocycles. The van der Waals surface area contributed by atoms with E-state index in [9.17, 15) is 4.79 Å². The van der Waals surface area contributed by atoms with Gasteiger partial charge in [0.1, 0.15) is 5.69 Å². The zero-order valence-electron chi connectivity index (χ0n) is 12.3. The van der Waals surface area contributed by atoms with E-state index in [0.29, 0.717) is 17.0 Å². The molecular formula is C16H22BrN3O. The summed E-state index contributed by atoms with van der Waals surface area (Å²) in [6.45, 7) is 1.72. The smallest absolute Gasteiger partial charge is 0.291 e. The van der Waals surface area contributed by atoms with Crippen LogP contribution < -0.4 is 10.9 Å². The second-order valence-electron chi connectivity index (χ2n) is 7.14. The average Bonchev–Trinajstić information content (AvgIpc) is 3.27. The Labute approximate surface area is 133 Å². The number of nitrogens with zero attached hydrogens (tertiary/aromatic N) is 2. The highest BCUT2D eigenvalue weighted by atomic mass is 79.9. The van der Waals surface area contributed by atoms with Gasteiger partial charge < -0.3 is 5.32 Å². The summed E-state index contributed by atoms with van der Waals surface area (Å²) in [6, 6.07) is 0. The molecule has 0 atom stereocenters. The van der Waals surface area contributed by atoms with Crippen LogP contribution in [0.1, 0.15) is 44.9 Å². The summed E-state index contributed by atoms with van der Waals surface area (Å²) < 4.78 is 2.44. The second kappa shape index (κ2) is 5.11. The summed E-state index contributed by atoms with van der Waals surface area (Å²) in [6.07, 6.45) is 10.9. The Hall–Kier alpha value is -0.840. The van der Waals surface area contributed by atoms with Crippen LogP contribution in [0.15, 0.2) is 15.5 Å². The lowest BCUT2D eigenvalue weighted by Gasteiger charge is -2.25. The van der Waals surface area contributed by atoms with Crippen LogP contribution in [0.25, 0.3) is 0 Å². The van der Waals surface area contributed by atoms with Crippen molar-refractivity contribution in [2.24, 2.45) is 17.3 Å². The second-order valence-corrected chi connectivity index (χ2v) is 8.00. The van der Waals surface area contributed by atoms with Crippen molar-refractivity contribution in [2.45, 2.75) is 51.5 Å². The zero-order valence-corrected chi connectivity index (χ0v) is 13.9. The molecule has 0 unspecified atom stereocenters. The van der Waals surface area contributed by atoms with Crippen molar-refractivity contribution in [1.29, 1.82) is 0 Å². The largest absolute Gasteiger partial charge is 0.379 e. The van der Waals surface area contributed by atoms with Gasteiger partial charge in [0.2, 0.25) is 0 Å². The van der Waals surface area contributed by atoms with Gasteiger partial charge in [-0.1, -0.05) is 6.42 Å². The van der Waals surface area contributed by atoms with Gasteiger partial charge in [0.05, 0.1) is 10.7 Å². The van der Waals surface area contributed by atoms with Gasteiger partial charge in [-0.05, 0) is 71.7 Å². The van der Waals surface area contributed by atoms with E-state index in [1.807, 2.05) is 0 Å². The molecule has 0 spiro atoms.